The molecule has 38 heavy (non-hydrogen) atoms. The topological polar surface area (TPSA) is 126 Å². The van der Waals surface area contributed by atoms with E-state index in [1.54, 1.807) is 19.1 Å². The highest BCUT2D eigenvalue weighted by molar-refractivity contribution is 7.90. The minimum Gasteiger partial charge on any atom is -0.352 e. The van der Waals surface area contributed by atoms with Gasteiger partial charge in [-0.15, -0.1) is 0 Å². The van der Waals surface area contributed by atoms with Crippen LogP contribution < -0.4 is 16.0 Å². The Kier molecular flexibility index (Phi) is 6.49. The molecule has 0 spiro atoms. The van der Waals surface area contributed by atoms with Crippen molar-refractivity contribution in [2.45, 2.75) is 18.2 Å². The summed E-state index contributed by atoms with van der Waals surface area (Å²) in [6.45, 7) is 1.90. The van der Waals surface area contributed by atoms with E-state index in [1.807, 2.05) is 0 Å². The fourth-order valence-electron chi connectivity index (χ4n) is 4.06. The third-order valence-electron chi connectivity index (χ3n) is 5.94. The highest BCUT2D eigenvalue weighted by atomic mass is 32.2. The Morgan fingerprint density at radius 1 is 0.947 bits per heavy atom. The Morgan fingerprint density at radius 3 is 2.55 bits per heavy atom. The van der Waals surface area contributed by atoms with Crippen molar-refractivity contribution in [3.63, 3.8) is 0 Å². The van der Waals surface area contributed by atoms with E-state index in [0.717, 1.165) is 6.26 Å². The number of rotatable bonds is 1. The molecule has 9 nitrogen and oxygen atoms in total. The minimum absolute atomic E-state index is 0.0379. The molecule has 2 aromatic carbocycles. The molecule has 2 aromatic heterocycles. The number of nitrogens with one attached hydrogen (secondary N) is 3. The van der Waals surface area contributed by atoms with E-state index in [1.165, 1.54) is 42.7 Å². The van der Waals surface area contributed by atoms with E-state index in [9.17, 15) is 22.0 Å². The highest BCUT2D eigenvalue weighted by Gasteiger charge is 2.21. The van der Waals surface area contributed by atoms with Crippen LogP contribution in [0.3, 0.4) is 0 Å². The first-order valence-corrected chi connectivity index (χ1v) is 13.4. The summed E-state index contributed by atoms with van der Waals surface area (Å²) in [5.41, 5.74) is 2.41. The lowest BCUT2D eigenvalue weighted by molar-refractivity contribution is 0.0951. The fraction of sp³-hybridized carbons (Fsp3) is 0.154. The molecule has 1 amide bonds. The summed E-state index contributed by atoms with van der Waals surface area (Å²) in [4.78, 5) is 25.1. The zero-order valence-electron chi connectivity index (χ0n) is 20.3. The van der Waals surface area contributed by atoms with Crippen LogP contribution in [0.4, 0.5) is 31.9 Å². The van der Waals surface area contributed by atoms with Crippen LogP contribution in [-0.4, -0.2) is 42.1 Å². The first-order valence-electron chi connectivity index (χ1n) is 11.5. The lowest BCUT2D eigenvalue weighted by Crippen LogP contribution is -2.27. The van der Waals surface area contributed by atoms with Crippen LogP contribution in [0.25, 0.3) is 11.1 Å². The van der Waals surface area contributed by atoms with Gasteiger partial charge in [-0.25, -0.2) is 22.8 Å². The van der Waals surface area contributed by atoms with Gasteiger partial charge in [0.2, 0.25) is 11.9 Å². The normalized spacial score (nSPS) is 13.4. The second kappa shape index (κ2) is 9.78. The van der Waals surface area contributed by atoms with Crippen molar-refractivity contribution in [3.05, 3.63) is 83.3 Å². The third-order valence-corrected chi connectivity index (χ3v) is 7.07. The van der Waals surface area contributed by atoms with Crippen LogP contribution >= 0.6 is 0 Å². The molecule has 0 saturated heterocycles. The predicted molar refractivity (Wildman–Crippen MR) is 139 cm³/mol. The Bertz CT molecular complexity index is 1690. The van der Waals surface area contributed by atoms with Crippen molar-refractivity contribution in [2.24, 2.45) is 0 Å². The quantitative estimate of drug-likeness (QED) is 0.308. The number of nitrogens with zero attached hydrogens (tertiary/aromatic N) is 3. The molecule has 0 fully saturated rings. The number of benzene rings is 2. The molecule has 0 saturated carbocycles. The van der Waals surface area contributed by atoms with Crippen LogP contribution in [0.15, 0.2) is 59.8 Å². The molecule has 8 bridgehead atoms. The molecule has 12 heteroatoms. The Labute approximate surface area is 217 Å². The molecule has 4 aromatic rings. The number of pyridine rings is 1. The summed E-state index contributed by atoms with van der Waals surface area (Å²) in [6, 6.07) is 10.1. The fourth-order valence-corrected chi connectivity index (χ4v) is 4.96. The van der Waals surface area contributed by atoms with Gasteiger partial charge in [0.1, 0.15) is 11.6 Å². The standard InChI is InChI=1S/C26H22F2N6O3S/c1-14-12-31-26-33-21-9-17(13-30-23(21)28)16-3-4-20(22(10-16)38(2,36)37)25(35)29-6-5-15-7-18(27)11-19(8-15)32-24(14)34-26/h3-4,7-13H,5-6H2,1-2H3,(H,29,35)(H2,31,32,33,34). The van der Waals surface area contributed by atoms with Crippen LogP contribution in [-0.2, 0) is 16.3 Å². The van der Waals surface area contributed by atoms with Gasteiger partial charge in [-0.1, -0.05) is 6.07 Å². The Morgan fingerprint density at radius 2 is 1.76 bits per heavy atom. The van der Waals surface area contributed by atoms with Crippen molar-refractivity contribution >= 4 is 38.9 Å². The van der Waals surface area contributed by atoms with Gasteiger partial charge in [0.25, 0.3) is 5.91 Å². The molecule has 2 aliphatic heterocycles. The highest BCUT2D eigenvalue weighted by Crippen LogP contribution is 2.29. The second-order valence-electron chi connectivity index (χ2n) is 8.87. The molecular weight excluding hydrogens is 514 g/mol. The molecular formula is C26H22F2N6O3S. The minimum atomic E-state index is -3.81. The summed E-state index contributed by atoms with van der Waals surface area (Å²) in [7, 11) is -3.81. The van der Waals surface area contributed by atoms with Crippen molar-refractivity contribution in [3.8, 4) is 11.1 Å². The maximum atomic E-state index is 14.6. The maximum Gasteiger partial charge on any atom is 0.252 e. The first kappa shape index (κ1) is 25.2. The average molecular weight is 537 g/mol. The Hall–Kier alpha value is -4.45. The van der Waals surface area contributed by atoms with Crippen molar-refractivity contribution in [1.82, 2.24) is 20.3 Å². The molecule has 6 rings (SSSR count). The number of hydrogen-bond acceptors (Lipinski definition) is 8. The number of hydrogen-bond donors (Lipinski definition) is 3. The monoisotopic (exact) mass is 536 g/mol. The van der Waals surface area contributed by atoms with E-state index < -0.39 is 27.5 Å². The van der Waals surface area contributed by atoms with Crippen molar-refractivity contribution < 1.29 is 22.0 Å². The summed E-state index contributed by atoms with van der Waals surface area (Å²) in [5, 5.41) is 8.56. The molecule has 194 valence electrons. The SMILES string of the molecule is Cc1cnc2nc1Nc1cc(F)cc(c1)CCNC(=O)c1ccc(cc1S(C)(=O)=O)-c1cnc(F)c(c1)N2. The number of carbonyl (C=O) groups is 1. The van der Waals surface area contributed by atoms with Crippen LogP contribution in [0.5, 0.6) is 0 Å². The average Bonchev–Trinajstić information content (AvgIpc) is 2.85. The van der Waals surface area contributed by atoms with E-state index in [2.05, 4.69) is 30.9 Å². The molecule has 0 atom stereocenters. The molecule has 3 N–H and O–H groups in total. The van der Waals surface area contributed by atoms with Crippen LogP contribution in [0.2, 0.25) is 0 Å². The zero-order valence-corrected chi connectivity index (χ0v) is 21.2. The van der Waals surface area contributed by atoms with Crippen molar-refractivity contribution in [1.29, 1.82) is 0 Å². The van der Waals surface area contributed by atoms with Gasteiger partial charge in [0.15, 0.2) is 9.84 Å². The largest absolute Gasteiger partial charge is 0.352 e. The lowest BCUT2D eigenvalue weighted by Gasteiger charge is -2.13. The number of amides is 1. The number of carbonyl (C=O) groups excluding carboxylic acids is 1. The molecule has 0 unspecified atom stereocenters. The first-order chi connectivity index (χ1) is 18.1. The molecule has 2 aliphatic rings. The third kappa shape index (κ3) is 5.30. The second-order valence-corrected chi connectivity index (χ2v) is 10.9. The van der Waals surface area contributed by atoms with Crippen LogP contribution in [0.1, 0.15) is 21.5 Å². The summed E-state index contributed by atoms with van der Waals surface area (Å²) >= 11 is 0. The Balaban J connectivity index is 1.66. The van der Waals surface area contributed by atoms with Gasteiger partial charge < -0.3 is 16.0 Å². The van der Waals surface area contributed by atoms with Gasteiger partial charge >= 0.3 is 0 Å². The molecule has 4 heterocycles. The van der Waals surface area contributed by atoms with Gasteiger partial charge in [0, 0.05) is 42.0 Å². The van der Waals surface area contributed by atoms with Gasteiger partial charge in [-0.3, -0.25) is 4.79 Å². The smallest absolute Gasteiger partial charge is 0.252 e. The number of halogens is 2. The van der Waals surface area contributed by atoms with E-state index in [0.29, 0.717) is 33.8 Å². The zero-order chi connectivity index (χ0) is 27.0. The maximum absolute atomic E-state index is 14.6. The summed E-state index contributed by atoms with van der Waals surface area (Å²) in [6.07, 6.45) is 4.08. The molecule has 0 radical (unpaired) electrons. The van der Waals surface area contributed by atoms with E-state index in [4.69, 9.17) is 0 Å². The number of aromatic nitrogens is 3. The van der Waals surface area contributed by atoms with E-state index in [-0.39, 0.29) is 35.1 Å². The van der Waals surface area contributed by atoms with Gasteiger partial charge in [-0.05, 0) is 60.9 Å². The number of aryl methyl sites for hydroxylation is 1. The van der Waals surface area contributed by atoms with Crippen LogP contribution in [0, 0.1) is 18.7 Å². The summed E-state index contributed by atoms with van der Waals surface area (Å²) in [5.74, 6) is -1.47. The number of fused-ring (bicyclic) bond motifs is 5. The number of anilines is 4. The number of sulfone groups is 1. The van der Waals surface area contributed by atoms with Crippen molar-refractivity contribution in [2.75, 3.05) is 23.4 Å². The van der Waals surface area contributed by atoms with E-state index >= 15 is 0 Å². The predicted octanol–water partition coefficient (Wildman–Crippen LogP) is 4.30. The molecule has 0 aliphatic carbocycles. The van der Waals surface area contributed by atoms with Gasteiger partial charge in [-0.2, -0.15) is 9.37 Å². The summed E-state index contributed by atoms with van der Waals surface area (Å²) < 4.78 is 54.2. The lowest BCUT2D eigenvalue weighted by atomic mass is 10.0. The van der Waals surface area contributed by atoms with Gasteiger partial charge in [0.05, 0.1) is 16.1 Å².